The van der Waals surface area contributed by atoms with Crippen LogP contribution < -0.4 is 10.6 Å². The molecule has 0 amide bonds. The monoisotopic (exact) mass is 436 g/mol. The molecule has 0 atom stereocenters. The van der Waals surface area contributed by atoms with Crippen LogP contribution in [0, 0.1) is 11.6 Å². The molecule has 3 aromatic carbocycles. The van der Waals surface area contributed by atoms with Gasteiger partial charge in [0.2, 0.25) is 0 Å². The van der Waals surface area contributed by atoms with Crippen molar-refractivity contribution >= 4 is 17.1 Å². The number of nitrogen functional groups attached to an aromatic ring is 1. The average Bonchev–Trinajstić information content (AvgIpc) is 2.81. The van der Waals surface area contributed by atoms with Crippen LogP contribution in [0.4, 0.5) is 25.8 Å². The zero-order chi connectivity index (χ0) is 22.3. The lowest BCUT2D eigenvalue weighted by Gasteiger charge is -2.35. The minimum absolute atomic E-state index is 0.260. The lowest BCUT2D eigenvalue weighted by atomic mass is 10.1. The summed E-state index contributed by atoms with van der Waals surface area (Å²) in [7, 11) is 0. The Labute approximate surface area is 188 Å². The maximum absolute atomic E-state index is 13.4. The molecule has 1 aliphatic rings. The Hall–Kier alpha value is -2.96. The van der Waals surface area contributed by atoms with E-state index in [1.807, 2.05) is 12.1 Å². The predicted molar refractivity (Wildman–Crippen MR) is 127 cm³/mol. The number of benzene rings is 3. The van der Waals surface area contributed by atoms with Gasteiger partial charge in [0.05, 0.1) is 0 Å². The minimum Gasteiger partial charge on any atom is -0.399 e. The molecule has 168 valence electrons. The summed E-state index contributed by atoms with van der Waals surface area (Å²) < 4.78 is 26.8. The third-order valence-electron chi connectivity index (χ3n) is 5.98. The molecule has 1 heterocycles. The molecule has 1 saturated heterocycles. The normalized spacial score (nSPS) is 15.1. The number of nitrogens with two attached hydrogens (primary N) is 1. The van der Waals surface area contributed by atoms with Gasteiger partial charge in [-0.15, -0.1) is 0 Å². The van der Waals surface area contributed by atoms with Gasteiger partial charge in [-0.25, -0.2) is 8.78 Å². The van der Waals surface area contributed by atoms with E-state index in [1.54, 1.807) is 24.3 Å². The summed E-state index contributed by atoms with van der Waals surface area (Å²) >= 11 is 0. The highest BCUT2D eigenvalue weighted by molar-refractivity contribution is 5.63. The van der Waals surface area contributed by atoms with Crippen LogP contribution in [0.3, 0.4) is 0 Å². The molecule has 4 nitrogen and oxygen atoms in total. The summed E-state index contributed by atoms with van der Waals surface area (Å²) in [5.41, 5.74) is 9.69. The fourth-order valence-corrected chi connectivity index (χ4v) is 4.15. The number of piperazine rings is 1. The van der Waals surface area contributed by atoms with Crippen molar-refractivity contribution in [3.8, 4) is 0 Å². The third kappa shape index (κ3) is 6.05. The fraction of sp³-hybridized carbons (Fsp3) is 0.308. The van der Waals surface area contributed by atoms with Crippen molar-refractivity contribution < 1.29 is 8.78 Å². The second kappa shape index (κ2) is 10.6. The quantitative estimate of drug-likeness (QED) is 0.510. The molecular formula is C26H30F2N4. The van der Waals surface area contributed by atoms with E-state index in [4.69, 9.17) is 5.73 Å². The molecule has 3 aromatic rings. The van der Waals surface area contributed by atoms with Crippen LogP contribution in [0.15, 0.2) is 72.8 Å². The summed E-state index contributed by atoms with van der Waals surface area (Å²) in [6.45, 7) is 6.91. The van der Waals surface area contributed by atoms with E-state index in [1.165, 1.54) is 29.8 Å². The van der Waals surface area contributed by atoms with Gasteiger partial charge in [-0.3, -0.25) is 4.90 Å². The first-order valence-electron chi connectivity index (χ1n) is 11.1. The van der Waals surface area contributed by atoms with Gasteiger partial charge in [-0.2, -0.15) is 0 Å². The molecule has 1 fully saturated rings. The SMILES string of the molecule is Nc1ccc(CN2CCN(CCCN(c3ccc(F)cc3)c3ccc(F)cc3)CC2)cc1. The maximum atomic E-state index is 13.4. The highest BCUT2D eigenvalue weighted by Gasteiger charge is 2.17. The number of hydrogen-bond acceptors (Lipinski definition) is 4. The van der Waals surface area contributed by atoms with Gasteiger partial charge in [0.25, 0.3) is 0 Å². The Kier molecular flexibility index (Phi) is 7.35. The molecule has 0 bridgehead atoms. The van der Waals surface area contributed by atoms with Crippen molar-refractivity contribution in [1.29, 1.82) is 0 Å². The second-order valence-corrected chi connectivity index (χ2v) is 8.32. The second-order valence-electron chi connectivity index (χ2n) is 8.32. The Morgan fingerprint density at radius 3 is 1.72 bits per heavy atom. The molecule has 1 aliphatic heterocycles. The van der Waals surface area contributed by atoms with Crippen molar-refractivity contribution in [3.63, 3.8) is 0 Å². The van der Waals surface area contributed by atoms with Crippen molar-refractivity contribution in [2.45, 2.75) is 13.0 Å². The van der Waals surface area contributed by atoms with Gasteiger partial charge in [0, 0.05) is 56.3 Å². The van der Waals surface area contributed by atoms with Crippen molar-refractivity contribution in [1.82, 2.24) is 9.80 Å². The first-order valence-corrected chi connectivity index (χ1v) is 11.1. The molecule has 0 aliphatic carbocycles. The molecule has 0 saturated carbocycles. The van der Waals surface area contributed by atoms with Crippen LogP contribution >= 0.6 is 0 Å². The van der Waals surface area contributed by atoms with Crippen LogP contribution in [0.5, 0.6) is 0 Å². The third-order valence-corrected chi connectivity index (χ3v) is 5.98. The number of halogens is 2. The summed E-state index contributed by atoms with van der Waals surface area (Å²) in [4.78, 5) is 7.09. The molecule has 6 heteroatoms. The Bertz CT molecular complexity index is 921. The molecule has 32 heavy (non-hydrogen) atoms. The van der Waals surface area contributed by atoms with Crippen molar-refractivity contribution in [3.05, 3.63) is 90.0 Å². The molecule has 0 spiro atoms. The van der Waals surface area contributed by atoms with E-state index in [2.05, 4.69) is 26.8 Å². The summed E-state index contributed by atoms with van der Waals surface area (Å²) in [6.07, 6.45) is 0.965. The van der Waals surface area contributed by atoms with E-state index in [0.717, 1.165) is 69.3 Å². The van der Waals surface area contributed by atoms with E-state index in [0.29, 0.717) is 0 Å². The molecule has 4 rings (SSSR count). The highest BCUT2D eigenvalue weighted by Crippen LogP contribution is 2.26. The highest BCUT2D eigenvalue weighted by atomic mass is 19.1. The summed E-state index contributed by atoms with van der Waals surface area (Å²) in [5.74, 6) is -0.519. The molecule has 2 N–H and O–H groups in total. The van der Waals surface area contributed by atoms with Gasteiger partial charge >= 0.3 is 0 Å². The van der Waals surface area contributed by atoms with E-state index in [-0.39, 0.29) is 11.6 Å². The topological polar surface area (TPSA) is 35.7 Å². The largest absolute Gasteiger partial charge is 0.399 e. The zero-order valence-corrected chi connectivity index (χ0v) is 18.3. The van der Waals surface area contributed by atoms with E-state index < -0.39 is 0 Å². The first-order chi connectivity index (χ1) is 15.6. The summed E-state index contributed by atoms with van der Waals surface area (Å²) in [5, 5.41) is 0. The van der Waals surface area contributed by atoms with Gasteiger partial charge in [0.1, 0.15) is 11.6 Å². The molecular weight excluding hydrogens is 406 g/mol. The van der Waals surface area contributed by atoms with Crippen LogP contribution in [0.25, 0.3) is 0 Å². The fourth-order valence-electron chi connectivity index (χ4n) is 4.15. The maximum Gasteiger partial charge on any atom is 0.123 e. The van der Waals surface area contributed by atoms with Crippen LogP contribution in [-0.2, 0) is 6.54 Å². The van der Waals surface area contributed by atoms with Gasteiger partial charge in [-0.1, -0.05) is 12.1 Å². The minimum atomic E-state index is -0.260. The summed E-state index contributed by atoms with van der Waals surface area (Å²) in [6, 6.07) is 21.1. The number of hydrogen-bond donors (Lipinski definition) is 1. The number of rotatable bonds is 8. The first kappa shape index (κ1) is 22.2. The molecule has 0 radical (unpaired) electrons. The van der Waals surface area contributed by atoms with E-state index >= 15 is 0 Å². The van der Waals surface area contributed by atoms with Crippen molar-refractivity contribution in [2.24, 2.45) is 0 Å². The smallest absolute Gasteiger partial charge is 0.123 e. The van der Waals surface area contributed by atoms with Crippen LogP contribution in [-0.4, -0.2) is 49.1 Å². The van der Waals surface area contributed by atoms with Crippen LogP contribution in [0.1, 0.15) is 12.0 Å². The van der Waals surface area contributed by atoms with Gasteiger partial charge in [0.15, 0.2) is 0 Å². The number of anilines is 3. The predicted octanol–water partition coefficient (Wildman–Crippen LogP) is 4.89. The average molecular weight is 437 g/mol. The standard InChI is InChI=1S/C26H30F2N4/c27-22-4-10-25(11-5-22)32(26-12-6-23(28)7-13-26)15-1-14-30-16-18-31(19-17-30)20-21-2-8-24(29)9-3-21/h2-13H,1,14-20,29H2. The lowest BCUT2D eigenvalue weighted by molar-refractivity contribution is 0.127. The lowest BCUT2D eigenvalue weighted by Crippen LogP contribution is -2.46. The Morgan fingerprint density at radius 2 is 1.19 bits per heavy atom. The number of nitrogens with zero attached hydrogens (tertiary/aromatic N) is 3. The van der Waals surface area contributed by atoms with Crippen molar-refractivity contribution in [2.75, 3.05) is 49.9 Å². The van der Waals surface area contributed by atoms with E-state index in [9.17, 15) is 8.78 Å². The molecule has 0 unspecified atom stereocenters. The Morgan fingerprint density at radius 1 is 0.688 bits per heavy atom. The van der Waals surface area contributed by atoms with Gasteiger partial charge < -0.3 is 15.5 Å². The molecule has 0 aromatic heterocycles. The van der Waals surface area contributed by atoms with Crippen LogP contribution in [0.2, 0.25) is 0 Å². The Balaban J connectivity index is 1.29. The van der Waals surface area contributed by atoms with Gasteiger partial charge in [-0.05, 0) is 79.2 Å². The zero-order valence-electron chi connectivity index (χ0n) is 18.3.